The van der Waals surface area contributed by atoms with Crippen LogP contribution in [0.25, 0.3) is 111 Å². The lowest BCUT2D eigenvalue weighted by Crippen LogP contribution is -2.20. The highest BCUT2D eigenvalue weighted by atomic mass is 32.1. The predicted octanol–water partition coefficient (Wildman–Crippen LogP) is 13.3. The van der Waals surface area contributed by atoms with E-state index in [1.54, 1.807) is 0 Å². The Morgan fingerprint density at radius 3 is 1.97 bits per heavy atom. The quantitative estimate of drug-likeness (QED) is 0.151. The molecule has 0 aliphatic heterocycles. The van der Waals surface area contributed by atoms with Crippen molar-refractivity contribution in [1.29, 1.82) is 0 Å². The first-order chi connectivity index (χ1) is 29.6. The highest BCUT2D eigenvalue weighted by Crippen LogP contribution is 2.40. The van der Waals surface area contributed by atoms with E-state index >= 15 is 0 Å². The second-order valence-electron chi connectivity index (χ2n) is 15.3. The lowest BCUT2D eigenvalue weighted by atomic mass is 9.98. The van der Waals surface area contributed by atoms with Gasteiger partial charge in [-0.25, -0.2) is 15.0 Å². The summed E-state index contributed by atoms with van der Waals surface area (Å²) in [5.41, 5.74) is 13.5. The van der Waals surface area contributed by atoms with Crippen LogP contribution in [0.2, 0.25) is 0 Å². The molecule has 0 fully saturated rings. The van der Waals surface area contributed by atoms with Crippen molar-refractivity contribution >= 4 is 71.9 Å². The van der Waals surface area contributed by atoms with E-state index < -0.39 is 0 Å². The van der Waals surface area contributed by atoms with Crippen LogP contribution < -0.4 is 9.75 Å². The van der Waals surface area contributed by atoms with E-state index in [2.05, 4.69) is 182 Å². The third-order valence-corrected chi connectivity index (χ3v) is 12.9. The fraction of sp³-hybridized carbons (Fsp3) is 0.0727. The molecule has 0 saturated carbocycles. The van der Waals surface area contributed by atoms with E-state index in [1.165, 1.54) is 47.1 Å². The molecule has 0 bridgehead atoms. The molecule has 0 spiro atoms. The van der Waals surface area contributed by atoms with Gasteiger partial charge in [-0.05, 0) is 85.5 Å². The van der Waals surface area contributed by atoms with Crippen LogP contribution in [0.1, 0.15) is 32.3 Å². The number of hydrogen-bond acceptors (Lipinski definition) is 4. The van der Waals surface area contributed by atoms with Gasteiger partial charge in [0.1, 0.15) is 0 Å². The van der Waals surface area contributed by atoms with Gasteiger partial charge in [-0.15, -0.1) is 11.3 Å². The Hall–Kier alpha value is -7.21. The average Bonchev–Trinajstić information content (AvgIpc) is 3.87. The number of nitrogens with zero attached hydrogens (tertiary/aromatic N) is 4. The molecule has 1 aliphatic carbocycles. The third kappa shape index (κ3) is 6.09. The van der Waals surface area contributed by atoms with E-state index in [1.807, 2.05) is 29.5 Å². The Morgan fingerprint density at radius 1 is 0.583 bits per heavy atom. The summed E-state index contributed by atoms with van der Waals surface area (Å²) in [5, 5.41) is 6.28. The summed E-state index contributed by atoms with van der Waals surface area (Å²) in [6.45, 7) is 4.13. The standard InChI is InChI=1S/C55H40N4S/c1-3-16-35(4-2)36-27-29-37(30-28-36)47-34-48(58-55(57-47)38-17-6-5-7-18-38)39-31-40(33-41(32-39)59-49-24-13-9-19-42(49)43-20-10-14-25-50(43)59)53-54-52(44-21-8-12-23-46(44)56-53)45-22-11-15-26-51(45)60-54/h3-10,12-14,16-34H,11,15H2,1-2H3/b16-3-,35-4+. The van der Waals surface area contributed by atoms with Crippen LogP contribution in [-0.2, 0) is 0 Å². The number of thiophene rings is 1. The Bertz CT molecular complexity index is 3440. The van der Waals surface area contributed by atoms with Gasteiger partial charge in [0.05, 0.1) is 38.3 Å². The minimum Gasteiger partial charge on any atom is -0.309 e. The van der Waals surface area contributed by atoms with Gasteiger partial charge in [0.25, 0.3) is 0 Å². The van der Waals surface area contributed by atoms with Crippen LogP contribution in [0.15, 0.2) is 170 Å². The Balaban J connectivity index is 1.21. The minimum absolute atomic E-state index is 0.683. The normalized spacial score (nSPS) is 13.0. The van der Waals surface area contributed by atoms with Gasteiger partial charge in [-0.1, -0.05) is 140 Å². The number of pyridine rings is 1. The molecule has 0 unspecified atom stereocenters. The van der Waals surface area contributed by atoms with Crippen molar-refractivity contribution in [3.8, 4) is 50.8 Å². The summed E-state index contributed by atoms with van der Waals surface area (Å²) in [6, 6.07) is 54.1. The van der Waals surface area contributed by atoms with Gasteiger partial charge >= 0.3 is 0 Å². The van der Waals surface area contributed by atoms with Gasteiger partial charge < -0.3 is 4.57 Å². The van der Waals surface area contributed by atoms with E-state index in [0.717, 1.165) is 74.4 Å². The zero-order valence-electron chi connectivity index (χ0n) is 33.4. The number of aromatic nitrogens is 4. The summed E-state index contributed by atoms with van der Waals surface area (Å²) < 4.78 is 4.95. The SMILES string of the molecule is C/C=C\C(=C/C)c1ccc(-c2cc(-c3cc(-c4nc5ccccc5c5c6c(sc45)=CCCC=6)cc(-n4c5ccccc5c5ccccc54)c3)nc(-c3ccccc3)n2)cc1. The number of fused-ring (bicyclic) bond motifs is 8. The second-order valence-corrected chi connectivity index (χ2v) is 16.4. The van der Waals surface area contributed by atoms with Gasteiger partial charge in [-0.3, -0.25) is 0 Å². The lowest BCUT2D eigenvalue weighted by molar-refractivity contribution is 1.13. The van der Waals surface area contributed by atoms with Gasteiger partial charge in [-0.2, -0.15) is 0 Å². The molecule has 4 aromatic heterocycles. The molecule has 4 heterocycles. The van der Waals surface area contributed by atoms with E-state index in [-0.39, 0.29) is 0 Å². The Labute approximate surface area is 352 Å². The van der Waals surface area contributed by atoms with Crippen LogP contribution in [-0.4, -0.2) is 19.5 Å². The van der Waals surface area contributed by atoms with Gasteiger partial charge in [0, 0.05) is 54.0 Å². The van der Waals surface area contributed by atoms with Gasteiger partial charge in [0.2, 0.25) is 0 Å². The molecule has 60 heavy (non-hydrogen) atoms. The molecule has 6 aromatic carbocycles. The van der Waals surface area contributed by atoms with Crippen LogP contribution in [0.5, 0.6) is 0 Å². The summed E-state index contributed by atoms with van der Waals surface area (Å²) in [7, 11) is 0. The smallest absolute Gasteiger partial charge is 0.160 e. The van der Waals surface area contributed by atoms with Crippen LogP contribution in [0.4, 0.5) is 0 Å². The molecule has 286 valence electrons. The fourth-order valence-corrected chi connectivity index (χ4v) is 10.2. The highest BCUT2D eigenvalue weighted by Gasteiger charge is 2.20. The largest absolute Gasteiger partial charge is 0.309 e. The average molecular weight is 789 g/mol. The molecular weight excluding hydrogens is 749 g/mol. The van der Waals surface area contributed by atoms with Crippen LogP contribution >= 0.6 is 11.3 Å². The fourth-order valence-electron chi connectivity index (χ4n) is 8.90. The molecule has 10 aromatic rings. The van der Waals surface area contributed by atoms with Crippen molar-refractivity contribution in [1.82, 2.24) is 19.5 Å². The molecule has 5 heteroatoms. The highest BCUT2D eigenvalue weighted by molar-refractivity contribution is 7.17. The summed E-state index contributed by atoms with van der Waals surface area (Å²) in [5.74, 6) is 0.683. The van der Waals surface area contributed by atoms with E-state index in [0.29, 0.717) is 5.82 Å². The number of para-hydroxylation sites is 3. The first-order valence-corrected chi connectivity index (χ1v) is 21.5. The molecule has 0 amide bonds. The minimum atomic E-state index is 0.683. The first kappa shape index (κ1) is 35.9. The van der Waals surface area contributed by atoms with Crippen LogP contribution in [0, 0.1) is 0 Å². The van der Waals surface area contributed by atoms with E-state index in [9.17, 15) is 0 Å². The van der Waals surface area contributed by atoms with Crippen molar-refractivity contribution in [3.05, 3.63) is 185 Å². The summed E-state index contributed by atoms with van der Waals surface area (Å²) >= 11 is 1.86. The molecule has 1 aliphatic rings. The van der Waals surface area contributed by atoms with Gasteiger partial charge in [0.15, 0.2) is 5.82 Å². The first-order valence-electron chi connectivity index (χ1n) is 20.7. The molecule has 4 nitrogen and oxygen atoms in total. The van der Waals surface area contributed by atoms with E-state index in [4.69, 9.17) is 15.0 Å². The zero-order valence-corrected chi connectivity index (χ0v) is 34.2. The lowest BCUT2D eigenvalue weighted by Gasteiger charge is -2.15. The number of benzene rings is 6. The Kier molecular flexibility index (Phi) is 8.90. The molecular formula is C55H40N4S. The number of hydrogen-bond donors (Lipinski definition) is 0. The third-order valence-electron chi connectivity index (χ3n) is 11.7. The van der Waals surface area contributed by atoms with Crippen molar-refractivity contribution in [2.24, 2.45) is 0 Å². The van der Waals surface area contributed by atoms with Crippen molar-refractivity contribution < 1.29 is 0 Å². The maximum absolute atomic E-state index is 5.50. The monoisotopic (exact) mass is 788 g/mol. The topological polar surface area (TPSA) is 43.6 Å². The maximum Gasteiger partial charge on any atom is 0.160 e. The summed E-state index contributed by atoms with van der Waals surface area (Å²) in [6.07, 6.45) is 13.3. The number of rotatable bonds is 7. The molecule has 0 saturated heterocycles. The van der Waals surface area contributed by atoms with Crippen molar-refractivity contribution in [3.63, 3.8) is 0 Å². The molecule has 11 rings (SSSR count). The van der Waals surface area contributed by atoms with Crippen molar-refractivity contribution in [2.75, 3.05) is 0 Å². The predicted molar refractivity (Wildman–Crippen MR) is 255 cm³/mol. The Morgan fingerprint density at radius 2 is 1.23 bits per heavy atom. The maximum atomic E-state index is 5.50. The zero-order chi connectivity index (χ0) is 40.2. The second kappa shape index (κ2) is 14.9. The van der Waals surface area contributed by atoms with Crippen LogP contribution in [0.3, 0.4) is 0 Å². The molecule has 0 atom stereocenters. The molecule has 0 radical (unpaired) electrons. The summed E-state index contributed by atoms with van der Waals surface area (Å²) in [4.78, 5) is 16.1. The van der Waals surface area contributed by atoms with Crippen molar-refractivity contribution in [2.45, 2.75) is 26.7 Å². The number of allylic oxidation sites excluding steroid dienone is 4. The molecule has 0 N–H and O–H groups in total.